The van der Waals surface area contributed by atoms with Crippen LogP contribution in [0.5, 0.6) is 5.75 Å². The first-order valence-electron chi connectivity index (χ1n) is 11.0. The monoisotopic (exact) mass is 461 g/mol. The van der Waals surface area contributed by atoms with E-state index >= 15 is 0 Å². The van der Waals surface area contributed by atoms with E-state index in [4.69, 9.17) is 13.9 Å². The van der Waals surface area contributed by atoms with Crippen molar-refractivity contribution in [2.24, 2.45) is 0 Å². The molecule has 1 unspecified atom stereocenters. The summed E-state index contributed by atoms with van der Waals surface area (Å²) in [5, 5.41) is 11.1. The number of ketones is 1. The third-order valence-corrected chi connectivity index (χ3v) is 5.72. The number of aryl methyl sites for hydroxylation is 2. The number of likely N-dealkylation sites (tertiary alicyclic amines) is 1. The molecule has 3 aromatic rings. The fourth-order valence-corrected chi connectivity index (χ4v) is 4.03. The summed E-state index contributed by atoms with van der Waals surface area (Å²) < 4.78 is 16.7. The van der Waals surface area contributed by atoms with E-state index in [-0.39, 0.29) is 24.5 Å². The maximum atomic E-state index is 12.9. The van der Waals surface area contributed by atoms with Crippen LogP contribution in [-0.4, -0.2) is 42.0 Å². The van der Waals surface area contributed by atoms with Crippen LogP contribution < -0.4 is 4.74 Å². The third-order valence-electron chi connectivity index (χ3n) is 5.72. The van der Waals surface area contributed by atoms with Crippen LogP contribution in [0.3, 0.4) is 0 Å². The van der Waals surface area contributed by atoms with E-state index in [2.05, 4.69) is 6.07 Å². The first-order valence-corrected chi connectivity index (χ1v) is 11.0. The molecule has 0 bridgehead atoms. The number of amides is 1. The summed E-state index contributed by atoms with van der Waals surface area (Å²) in [5.74, 6) is -0.0440. The quantitative estimate of drug-likeness (QED) is 0.301. The van der Waals surface area contributed by atoms with Crippen LogP contribution in [-0.2, 0) is 20.9 Å². The lowest BCUT2D eigenvalue weighted by atomic mass is 9.99. The Bertz CT molecular complexity index is 1220. The number of ether oxygens (including phenoxy) is 2. The van der Waals surface area contributed by atoms with Gasteiger partial charge in [0.2, 0.25) is 0 Å². The number of aliphatic hydroxyl groups is 1. The fourth-order valence-electron chi connectivity index (χ4n) is 4.03. The summed E-state index contributed by atoms with van der Waals surface area (Å²) in [5.41, 5.74) is 2.60. The fraction of sp³-hybridized carbons (Fsp3) is 0.259. The first-order chi connectivity index (χ1) is 16.4. The summed E-state index contributed by atoms with van der Waals surface area (Å²) >= 11 is 0. The number of aliphatic hydroxyl groups excluding tert-OH is 1. The number of nitrogens with zero attached hydrogens (tertiary/aromatic N) is 1. The van der Waals surface area contributed by atoms with Crippen molar-refractivity contribution in [2.75, 3.05) is 20.3 Å². The lowest BCUT2D eigenvalue weighted by molar-refractivity contribution is -0.140. The van der Waals surface area contributed by atoms with E-state index < -0.39 is 17.7 Å². The Morgan fingerprint density at radius 1 is 1.06 bits per heavy atom. The summed E-state index contributed by atoms with van der Waals surface area (Å²) in [4.78, 5) is 27.1. The molecule has 1 fully saturated rings. The number of methoxy groups -OCH3 is 1. The molecule has 1 saturated heterocycles. The lowest BCUT2D eigenvalue weighted by Gasteiger charge is -2.22. The van der Waals surface area contributed by atoms with Gasteiger partial charge in [-0.25, -0.2) is 0 Å². The van der Waals surface area contributed by atoms with E-state index in [1.165, 1.54) is 12.0 Å². The summed E-state index contributed by atoms with van der Waals surface area (Å²) in [7, 11) is 1.52. The molecule has 7 heteroatoms. The Balaban J connectivity index is 1.62. The Kier molecular flexibility index (Phi) is 6.84. The minimum atomic E-state index is -0.832. The van der Waals surface area contributed by atoms with Crippen LogP contribution in [0, 0.1) is 13.8 Å². The van der Waals surface area contributed by atoms with E-state index in [1.807, 2.05) is 25.1 Å². The molecular weight excluding hydrogens is 434 g/mol. The third kappa shape index (κ3) is 4.75. The molecule has 34 heavy (non-hydrogen) atoms. The van der Waals surface area contributed by atoms with Gasteiger partial charge in [-0.1, -0.05) is 29.8 Å². The highest BCUT2D eigenvalue weighted by Crippen LogP contribution is 2.40. The van der Waals surface area contributed by atoms with Gasteiger partial charge in [-0.2, -0.15) is 0 Å². The number of hydrogen-bond acceptors (Lipinski definition) is 6. The summed E-state index contributed by atoms with van der Waals surface area (Å²) in [6, 6.07) is 17.4. The van der Waals surface area contributed by atoms with E-state index in [1.54, 1.807) is 43.3 Å². The number of carbonyl (C=O) groups is 2. The van der Waals surface area contributed by atoms with Gasteiger partial charge in [0.15, 0.2) is 0 Å². The molecule has 0 aliphatic carbocycles. The molecule has 1 aliphatic rings. The molecule has 2 heterocycles. The predicted molar refractivity (Wildman–Crippen MR) is 126 cm³/mol. The second-order valence-electron chi connectivity index (χ2n) is 8.24. The summed E-state index contributed by atoms with van der Waals surface area (Å²) in [6.07, 6.45) is 0. The highest BCUT2D eigenvalue weighted by Gasteiger charge is 2.47. The Hall–Kier alpha value is -3.84. The average Bonchev–Trinajstić information content (AvgIpc) is 3.37. The molecule has 0 radical (unpaired) electrons. The molecule has 2 aromatic carbocycles. The van der Waals surface area contributed by atoms with Gasteiger partial charge in [-0.3, -0.25) is 9.59 Å². The second kappa shape index (κ2) is 9.97. The van der Waals surface area contributed by atoms with Crippen molar-refractivity contribution in [1.29, 1.82) is 0 Å². The van der Waals surface area contributed by atoms with E-state index in [9.17, 15) is 14.7 Å². The van der Waals surface area contributed by atoms with Crippen molar-refractivity contribution < 1.29 is 28.6 Å². The lowest BCUT2D eigenvalue weighted by Crippen LogP contribution is -2.32. The van der Waals surface area contributed by atoms with E-state index in [0.29, 0.717) is 29.4 Å². The molecule has 1 N–H and O–H groups in total. The minimum absolute atomic E-state index is 0.0103. The number of hydrogen-bond donors (Lipinski definition) is 1. The summed E-state index contributed by atoms with van der Waals surface area (Å²) in [6.45, 7) is 4.65. The van der Waals surface area contributed by atoms with Crippen LogP contribution in [0.15, 0.2) is 70.7 Å². The predicted octanol–water partition coefficient (Wildman–Crippen LogP) is 4.54. The number of carbonyl (C=O) groups excluding carboxylic acids is 2. The van der Waals surface area contributed by atoms with Gasteiger partial charge < -0.3 is 23.9 Å². The molecule has 176 valence electrons. The van der Waals surface area contributed by atoms with Gasteiger partial charge in [0.25, 0.3) is 11.7 Å². The van der Waals surface area contributed by atoms with Crippen LogP contribution in [0.1, 0.15) is 34.3 Å². The molecule has 4 rings (SSSR count). The molecule has 1 aromatic heterocycles. The Morgan fingerprint density at radius 3 is 2.47 bits per heavy atom. The van der Waals surface area contributed by atoms with Crippen LogP contribution in [0.2, 0.25) is 0 Å². The van der Waals surface area contributed by atoms with Gasteiger partial charge in [0.05, 0.1) is 12.2 Å². The molecule has 0 saturated carbocycles. The number of rotatable bonds is 8. The smallest absolute Gasteiger partial charge is 0.295 e. The maximum absolute atomic E-state index is 12.9. The standard InChI is InChI=1S/C27H27NO6/c1-17-5-4-6-19(15-17)16-33-21-10-8-20(9-11-21)25(29)23-24(22-12-7-18(2)34-22)28(13-14-32-3)27(31)26(23)30/h4-12,15,24,29H,13-14,16H2,1-3H3/b25-23-. The van der Waals surface area contributed by atoms with Crippen molar-refractivity contribution in [3.05, 3.63) is 94.4 Å². The van der Waals surface area contributed by atoms with Gasteiger partial charge in [-0.15, -0.1) is 0 Å². The second-order valence-corrected chi connectivity index (χ2v) is 8.24. The topological polar surface area (TPSA) is 89.2 Å². The number of furan rings is 1. The Labute approximate surface area is 198 Å². The molecular formula is C27H27NO6. The molecule has 1 atom stereocenters. The maximum Gasteiger partial charge on any atom is 0.295 e. The van der Waals surface area contributed by atoms with Crippen molar-refractivity contribution in [3.63, 3.8) is 0 Å². The van der Waals surface area contributed by atoms with Crippen LogP contribution in [0.4, 0.5) is 0 Å². The highest BCUT2D eigenvalue weighted by atomic mass is 16.5. The van der Waals surface area contributed by atoms with Crippen LogP contribution in [0.25, 0.3) is 5.76 Å². The largest absolute Gasteiger partial charge is 0.507 e. The number of benzene rings is 2. The molecule has 1 aliphatic heterocycles. The van der Waals surface area contributed by atoms with Crippen molar-refractivity contribution in [3.8, 4) is 5.75 Å². The molecule has 1 amide bonds. The molecule has 7 nitrogen and oxygen atoms in total. The molecule has 0 spiro atoms. The van der Waals surface area contributed by atoms with Crippen molar-refractivity contribution in [2.45, 2.75) is 26.5 Å². The zero-order valence-corrected chi connectivity index (χ0v) is 19.4. The van der Waals surface area contributed by atoms with Crippen molar-refractivity contribution in [1.82, 2.24) is 4.90 Å². The SMILES string of the molecule is COCCN1C(=O)C(=O)/C(=C(\O)c2ccc(OCc3cccc(C)c3)cc2)C1c1ccc(C)o1. The van der Waals surface area contributed by atoms with Gasteiger partial charge in [0, 0.05) is 19.2 Å². The van der Waals surface area contributed by atoms with E-state index in [0.717, 1.165) is 11.1 Å². The highest BCUT2D eigenvalue weighted by molar-refractivity contribution is 6.46. The average molecular weight is 462 g/mol. The van der Waals surface area contributed by atoms with Crippen LogP contribution >= 0.6 is 0 Å². The zero-order chi connectivity index (χ0) is 24.2. The Morgan fingerprint density at radius 2 is 1.82 bits per heavy atom. The minimum Gasteiger partial charge on any atom is -0.507 e. The normalized spacial score (nSPS) is 17.4. The number of Topliss-reactive ketones (excluding diaryl/α,β-unsaturated/α-hetero) is 1. The van der Waals surface area contributed by atoms with Crippen molar-refractivity contribution >= 4 is 17.4 Å². The van der Waals surface area contributed by atoms with Gasteiger partial charge >= 0.3 is 0 Å². The van der Waals surface area contributed by atoms with Gasteiger partial charge in [-0.05, 0) is 55.8 Å². The first kappa shape index (κ1) is 23.3. The van der Waals surface area contributed by atoms with Gasteiger partial charge in [0.1, 0.15) is 35.7 Å². The zero-order valence-electron chi connectivity index (χ0n) is 19.4.